The summed E-state index contributed by atoms with van der Waals surface area (Å²) in [6, 6.07) is 5.73. The molecule has 0 amide bonds. The number of hydrazone groups is 1. The van der Waals surface area contributed by atoms with E-state index in [2.05, 4.69) is 17.5 Å². The van der Waals surface area contributed by atoms with Crippen molar-refractivity contribution in [1.82, 2.24) is 5.43 Å². The van der Waals surface area contributed by atoms with E-state index in [4.69, 9.17) is 22.3 Å². The van der Waals surface area contributed by atoms with Crippen LogP contribution >= 0.6 is 24.8 Å². The van der Waals surface area contributed by atoms with Crippen molar-refractivity contribution in [3.05, 3.63) is 34.9 Å². The van der Waals surface area contributed by atoms with E-state index in [0.717, 1.165) is 41.7 Å². The minimum Gasteiger partial charge on any atom is -0.384 e. The molecule has 22 heavy (non-hydrogen) atoms. The fourth-order valence-corrected chi connectivity index (χ4v) is 2.72. The minimum absolute atomic E-state index is 0. The Morgan fingerprint density at radius 2 is 2.00 bits per heavy atom. The summed E-state index contributed by atoms with van der Waals surface area (Å²) in [5.74, 6) is 0.184. The standard InChI is InChI=1S/C14H20N6.2ClH/c1-2-4-8-7-11-9(12(8)19-20-14(17)18)5-3-6-10(11)13(15)16;;/h3,5-6,8H,2,4,7H2,1H3,(H3,15,16)(H4,17,18,20);2*1H. The number of guanidine groups is 1. The summed E-state index contributed by atoms with van der Waals surface area (Å²) in [5, 5.41) is 19.2. The number of nitrogen functional groups attached to an aromatic ring is 1. The largest absolute Gasteiger partial charge is 0.384 e. The molecule has 0 aliphatic heterocycles. The summed E-state index contributed by atoms with van der Waals surface area (Å²) in [6.07, 6.45) is 2.88. The molecule has 6 nitrogen and oxygen atoms in total. The summed E-state index contributed by atoms with van der Waals surface area (Å²) < 4.78 is 0. The number of nitrogens with one attached hydrogen (secondary N) is 3. The highest BCUT2D eigenvalue weighted by molar-refractivity contribution is 6.10. The lowest BCUT2D eigenvalue weighted by atomic mass is 9.98. The molecule has 0 spiro atoms. The number of amidine groups is 1. The monoisotopic (exact) mass is 344 g/mol. The minimum atomic E-state index is -0.177. The van der Waals surface area contributed by atoms with Crippen LogP contribution in [0.25, 0.3) is 0 Å². The molecule has 1 aliphatic carbocycles. The lowest BCUT2D eigenvalue weighted by molar-refractivity contribution is 0.623. The van der Waals surface area contributed by atoms with Crippen LogP contribution in [-0.4, -0.2) is 17.5 Å². The number of fused-ring (bicyclic) bond motifs is 1. The number of rotatable bonds is 4. The molecule has 0 fully saturated rings. The zero-order valence-corrected chi connectivity index (χ0v) is 14.0. The lowest BCUT2D eigenvalue weighted by Crippen LogP contribution is -2.28. The highest BCUT2D eigenvalue weighted by Crippen LogP contribution is 2.32. The summed E-state index contributed by atoms with van der Waals surface area (Å²) in [6.45, 7) is 2.13. The molecule has 1 aromatic rings. The van der Waals surface area contributed by atoms with E-state index in [0.29, 0.717) is 0 Å². The van der Waals surface area contributed by atoms with Gasteiger partial charge in [0.15, 0.2) is 0 Å². The molecule has 0 saturated heterocycles. The molecule has 1 aliphatic rings. The van der Waals surface area contributed by atoms with Crippen molar-refractivity contribution < 1.29 is 0 Å². The molecule has 8 heteroatoms. The number of hydrogen-bond donors (Lipinski definition) is 5. The van der Waals surface area contributed by atoms with Crippen molar-refractivity contribution in [2.75, 3.05) is 0 Å². The normalized spacial score (nSPS) is 17.1. The number of hydrogen-bond acceptors (Lipinski definition) is 3. The highest BCUT2D eigenvalue weighted by Gasteiger charge is 2.30. The number of halogens is 2. The van der Waals surface area contributed by atoms with Crippen molar-refractivity contribution >= 4 is 42.3 Å². The molecule has 122 valence electrons. The van der Waals surface area contributed by atoms with Gasteiger partial charge in [-0.3, -0.25) is 10.8 Å². The first-order chi connectivity index (χ1) is 9.54. The molecule has 0 radical (unpaired) electrons. The van der Waals surface area contributed by atoms with Crippen LogP contribution in [0.15, 0.2) is 23.3 Å². The van der Waals surface area contributed by atoms with Gasteiger partial charge in [-0.05, 0) is 18.4 Å². The second-order valence-corrected chi connectivity index (χ2v) is 4.96. The molecule has 0 bridgehead atoms. The lowest BCUT2D eigenvalue weighted by Gasteiger charge is -2.09. The first kappa shape index (κ1) is 20.2. The van der Waals surface area contributed by atoms with E-state index in [9.17, 15) is 0 Å². The van der Waals surface area contributed by atoms with Gasteiger partial charge < -0.3 is 11.5 Å². The van der Waals surface area contributed by atoms with Crippen LogP contribution in [-0.2, 0) is 6.42 Å². The fraction of sp³-hybridized carbons (Fsp3) is 0.357. The van der Waals surface area contributed by atoms with Gasteiger partial charge >= 0.3 is 0 Å². The van der Waals surface area contributed by atoms with Crippen LogP contribution in [0, 0.1) is 16.7 Å². The Balaban J connectivity index is 0.00000220. The van der Waals surface area contributed by atoms with Gasteiger partial charge in [-0.1, -0.05) is 31.5 Å². The van der Waals surface area contributed by atoms with Crippen molar-refractivity contribution in [3.8, 4) is 0 Å². The van der Waals surface area contributed by atoms with Crippen molar-refractivity contribution in [1.29, 1.82) is 10.8 Å². The van der Waals surface area contributed by atoms with Crippen LogP contribution in [0.3, 0.4) is 0 Å². The van der Waals surface area contributed by atoms with Gasteiger partial charge in [0.25, 0.3) is 0 Å². The van der Waals surface area contributed by atoms with E-state index in [1.54, 1.807) is 0 Å². The predicted molar refractivity (Wildman–Crippen MR) is 95.6 cm³/mol. The topological polar surface area (TPSA) is 124 Å². The molecular formula is C14H22Cl2N6. The Morgan fingerprint density at radius 3 is 2.55 bits per heavy atom. The molecular weight excluding hydrogens is 323 g/mol. The molecule has 7 N–H and O–H groups in total. The Kier molecular flexibility index (Phi) is 7.90. The van der Waals surface area contributed by atoms with Crippen molar-refractivity contribution in [2.45, 2.75) is 26.2 Å². The van der Waals surface area contributed by atoms with Crippen LogP contribution < -0.4 is 16.9 Å². The Labute approximate surface area is 142 Å². The van der Waals surface area contributed by atoms with Crippen LogP contribution in [0.2, 0.25) is 0 Å². The smallest absolute Gasteiger partial charge is 0.206 e. The SMILES string of the molecule is CCCC1Cc2c(C(=N)N)cccc2C1=NNC(=N)N.Cl.Cl. The van der Waals surface area contributed by atoms with Crippen LogP contribution in [0.5, 0.6) is 0 Å². The Bertz CT molecular complexity index is 585. The summed E-state index contributed by atoms with van der Waals surface area (Å²) in [7, 11) is 0. The van der Waals surface area contributed by atoms with E-state index in [1.165, 1.54) is 0 Å². The van der Waals surface area contributed by atoms with E-state index in [-0.39, 0.29) is 42.5 Å². The second kappa shape index (κ2) is 8.60. The zero-order valence-electron chi connectivity index (χ0n) is 12.3. The molecule has 0 heterocycles. The summed E-state index contributed by atoms with van der Waals surface area (Å²) in [4.78, 5) is 0. The Hall–Kier alpha value is -1.79. The third kappa shape index (κ3) is 4.11. The average molecular weight is 345 g/mol. The maximum Gasteiger partial charge on any atom is 0.206 e. The highest BCUT2D eigenvalue weighted by atomic mass is 35.5. The first-order valence-corrected chi connectivity index (χ1v) is 6.68. The van der Waals surface area contributed by atoms with E-state index in [1.807, 2.05) is 18.2 Å². The summed E-state index contributed by atoms with van der Waals surface area (Å²) in [5.41, 5.74) is 17.2. The Morgan fingerprint density at radius 1 is 1.32 bits per heavy atom. The van der Waals surface area contributed by atoms with Crippen molar-refractivity contribution in [3.63, 3.8) is 0 Å². The van der Waals surface area contributed by atoms with Gasteiger partial charge in [-0.15, -0.1) is 24.8 Å². The first-order valence-electron chi connectivity index (χ1n) is 6.68. The van der Waals surface area contributed by atoms with E-state index >= 15 is 0 Å². The molecule has 0 aromatic heterocycles. The van der Waals surface area contributed by atoms with Gasteiger partial charge in [0.1, 0.15) is 5.84 Å². The fourth-order valence-electron chi connectivity index (χ4n) is 2.72. The second-order valence-electron chi connectivity index (χ2n) is 4.96. The van der Waals surface area contributed by atoms with E-state index < -0.39 is 0 Å². The summed E-state index contributed by atoms with van der Waals surface area (Å²) >= 11 is 0. The van der Waals surface area contributed by atoms with Gasteiger partial charge in [0.2, 0.25) is 5.96 Å². The molecule has 0 saturated carbocycles. The molecule has 2 rings (SSSR count). The maximum absolute atomic E-state index is 7.68. The number of nitrogens with two attached hydrogens (primary N) is 2. The zero-order chi connectivity index (χ0) is 14.7. The molecule has 1 atom stereocenters. The van der Waals surface area contributed by atoms with Gasteiger partial charge in [-0.2, -0.15) is 5.10 Å². The quantitative estimate of drug-likeness (QED) is 0.325. The van der Waals surface area contributed by atoms with Gasteiger partial charge in [0, 0.05) is 17.0 Å². The maximum atomic E-state index is 7.68. The van der Waals surface area contributed by atoms with Gasteiger partial charge in [0.05, 0.1) is 5.71 Å². The average Bonchev–Trinajstić information content (AvgIpc) is 2.73. The third-order valence-electron chi connectivity index (χ3n) is 3.51. The molecule has 1 unspecified atom stereocenters. The number of benzene rings is 1. The third-order valence-corrected chi connectivity index (χ3v) is 3.51. The predicted octanol–water partition coefficient (Wildman–Crippen LogP) is 1.97. The van der Waals surface area contributed by atoms with Crippen LogP contribution in [0.4, 0.5) is 0 Å². The van der Waals surface area contributed by atoms with Crippen LogP contribution in [0.1, 0.15) is 36.5 Å². The number of nitrogens with zero attached hydrogens (tertiary/aromatic N) is 1. The van der Waals surface area contributed by atoms with Crippen molar-refractivity contribution in [2.24, 2.45) is 22.5 Å². The molecule has 1 aromatic carbocycles. The van der Waals surface area contributed by atoms with Gasteiger partial charge in [-0.25, -0.2) is 5.43 Å².